The molecule has 0 aliphatic rings. The Hall–Kier alpha value is 0.220. The molecule has 0 bridgehead atoms. The maximum Gasteiger partial charge on any atom is -0.00921 e. The standard InChI is InChI=1S/C6H11Br/c1-3-5-6(7)4-2/h4H,3,5H2,1-2H3/b6-4+. The lowest BCUT2D eigenvalue weighted by Crippen LogP contribution is -1.65. The lowest BCUT2D eigenvalue weighted by Gasteiger charge is -1.88. The molecule has 0 atom stereocenters. The maximum atomic E-state index is 3.40. The van der Waals surface area contributed by atoms with Crippen LogP contribution in [0.5, 0.6) is 0 Å². The van der Waals surface area contributed by atoms with Crippen molar-refractivity contribution in [2.24, 2.45) is 0 Å². The van der Waals surface area contributed by atoms with Crippen LogP contribution in [0.3, 0.4) is 0 Å². The molecule has 0 aliphatic carbocycles. The lowest BCUT2D eigenvalue weighted by atomic mass is 10.3. The van der Waals surface area contributed by atoms with Gasteiger partial charge in [-0.25, -0.2) is 0 Å². The minimum atomic E-state index is 1.18. The normalized spacial score (nSPS) is 12.1. The Balaban J connectivity index is 3.17. The monoisotopic (exact) mass is 162 g/mol. The molecule has 0 spiro atoms. The zero-order valence-electron chi connectivity index (χ0n) is 4.87. The Labute approximate surface area is 53.7 Å². The predicted molar refractivity (Wildman–Crippen MR) is 37.6 cm³/mol. The van der Waals surface area contributed by atoms with Gasteiger partial charge in [-0.1, -0.05) is 35.4 Å². The fraction of sp³-hybridized carbons (Fsp3) is 0.667. The van der Waals surface area contributed by atoms with Crippen molar-refractivity contribution in [3.05, 3.63) is 10.6 Å². The van der Waals surface area contributed by atoms with Crippen LogP contribution < -0.4 is 0 Å². The predicted octanol–water partition coefficient (Wildman–Crippen LogP) is 3.09. The second-order valence-electron chi connectivity index (χ2n) is 1.49. The van der Waals surface area contributed by atoms with E-state index in [0.29, 0.717) is 0 Å². The second-order valence-corrected chi connectivity index (χ2v) is 2.50. The summed E-state index contributed by atoms with van der Waals surface area (Å²) in [5.41, 5.74) is 0. The molecular formula is C6H11Br. The van der Waals surface area contributed by atoms with Crippen molar-refractivity contribution in [3.8, 4) is 0 Å². The fourth-order valence-corrected chi connectivity index (χ4v) is 0.780. The molecule has 0 amide bonds. The molecule has 0 aromatic rings. The SMILES string of the molecule is C/C=C(/Br)CCC. The Bertz CT molecular complexity index is 64.6. The van der Waals surface area contributed by atoms with Gasteiger partial charge in [0.1, 0.15) is 0 Å². The number of allylic oxidation sites excluding steroid dienone is 2. The van der Waals surface area contributed by atoms with Crippen LogP contribution in [-0.4, -0.2) is 0 Å². The molecule has 0 unspecified atom stereocenters. The summed E-state index contributed by atoms with van der Waals surface area (Å²) in [7, 11) is 0. The van der Waals surface area contributed by atoms with Crippen LogP contribution in [0.15, 0.2) is 10.6 Å². The van der Waals surface area contributed by atoms with Crippen LogP contribution in [0.4, 0.5) is 0 Å². The van der Waals surface area contributed by atoms with E-state index in [1.807, 2.05) is 6.92 Å². The first-order chi connectivity index (χ1) is 3.31. The second kappa shape index (κ2) is 4.38. The maximum absolute atomic E-state index is 3.40. The summed E-state index contributed by atoms with van der Waals surface area (Å²) in [5, 5.41) is 0. The summed E-state index contributed by atoms with van der Waals surface area (Å²) in [6.07, 6.45) is 4.49. The van der Waals surface area contributed by atoms with Crippen LogP contribution in [0.2, 0.25) is 0 Å². The highest BCUT2D eigenvalue weighted by Crippen LogP contribution is 2.10. The summed E-state index contributed by atoms with van der Waals surface area (Å²) >= 11 is 3.40. The van der Waals surface area contributed by atoms with Crippen molar-refractivity contribution in [1.82, 2.24) is 0 Å². The molecule has 0 radical (unpaired) electrons. The molecule has 0 saturated carbocycles. The molecule has 7 heavy (non-hydrogen) atoms. The van der Waals surface area contributed by atoms with Crippen LogP contribution in [0.25, 0.3) is 0 Å². The Kier molecular flexibility index (Phi) is 4.52. The van der Waals surface area contributed by atoms with E-state index in [4.69, 9.17) is 0 Å². The topological polar surface area (TPSA) is 0 Å². The van der Waals surface area contributed by atoms with Gasteiger partial charge in [-0.3, -0.25) is 0 Å². The Morgan fingerprint density at radius 3 is 2.43 bits per heavy atom. The van der Waals surface area contributed by atoms with E-state index in [9.17, 15) is 0 Å². The summed E-state index contributed by atoms with van der Waals surface area (Å²) in [6.45, 7) is 4.21. The minimum absolute atomic E-state index is 1.18. The first kappa shape index (κ1) is 7.22. The van der Waals surface area contributed by atoms with Crippen LogP contribution in [-0.2, 0) is 0 Å². The van der Waals surface area contributed by atoms with E-state index in [1.165, 1.54) is 17.3 Å². The van der Waals surface area contributed by atoms with Crippen molar-refractivity contribution in [2.45, 2.75) is 26.7 Å². The van der Waals surface area contributed by atoms with Crippen LogP contribution in [0.1, 0.15) is 26.7 Å². The average molecular weight is 163 g/mol. The quantitative estimate of drug-likeness (QED) is 0.586. The molecule has 0 aromatic carbocycles. The van der Waals surface area contributed by atoms with Gasteiger partial charge in [0.2, 0.25) is 0 Å². The smallest absolute Gasteiger partial charge is 0.00921 e. The van der Waals surface area contributed by atoms with Gasteiger partial charge >= 0.3 is 0 Å². The highest BCUT2D eigenvalue weighted by Gasteiger charge is 1.82. The first-order valence-electron chi connectivity index (χ1n) is 2.62. The zero-order chi connectivity index (χ0) is 5.70. The highest BCUT2D eigenvalue weighted by molar-refractivity contribution is 9.11. The number of hydrogen-bond donors (Lipinski definition) is 0. The molecule has 42 valence electrons. The lowest BCUT2D eigenvalue weighted by molar-refractivity contribution is 0.949. The highest BCUT2D eigenvalue weighted by atomic mass is 79.9. The first-order valence-corrected chi connectivity index (χ1v) is 3.41. The van der Waals surface area contributed by atoms with Gasteiger partial charge in [0.25, 0.3) is 0 Å². The third-order valence-electron chi connectivity index (χ3n) is 0.802. The van der Waals surface area contributed by atoms with E-state index in [2.05, 4.69) is 28.9 Å². The van der Waals surface area contributed by atoms with Crippen molar-refractivity contribution >= 4 is 15.9 Å². The van der Waals surface area contributed by atoms with E-state index >= 15 is 0 Å². The number of hydrogen-bond acceptors (Lipinski definition) is 0. The van der Waals surface area contributed by atoms with Gasteiger partial charge in [-0.05, 0) is 17.8 Å². The summed E-state index contributed by atoms with van der Waals surface area (Å²) in [4.78, 5) is 0. The van der Waals surface area contributed by atoms with Crippen molar-refractivity contribution < 1.29 is 0 Å². The summed E-state index contributed by atoms with van der Waals surface area (Å²) < 4.78 is 1.31. The molecule has 0 N–H and O–H groups in total. The van der Waals surface area contributed by atoms with Gasteiger partial charge in [-0.2, -0.15) is 0 Å². The average Bonchev–Trinajstić information content (AvgIpc) is 1.68. The Morgan fingerprint density at radius 2 is 2.29 bits per heavy atom. The van der Waals surface area contributed by atoms with Crippen LogP contribution in [0, 0.1) is 0 Å². The Morgan fingerprint density at radius 1 is 1.71 bits per heavy atom. The van der Waals surface area contributed by atoms with Gasteiger partial charge in [0.15, 0.2) is 0 Å². The van der Waals surface area contributed by atoms with Gasteiger partial charge in [-0.15, -0.1) is 0 Å². The molecule has 1 heteroatoms. The largest absolute Gasteiger partial charge is 0.0775 e. The minimum Gasteiger partial charge on any atom is -0.0775 e. The van der Waals surface area contributed by atoms with E-state index in [-0.39, 0.29) is 0 Å². The molecule has 0 rings (SSSR count). The van der Waals surface area contributed by atoms with Gasteiger partial charge < -0.3 is 0 Å². The third kappa shape index (κ3) is 4.07. The molecule has 0 saturated heterocycles. The zero-order valence-corrected chi connectivity index (χ0v) is 6.46. The third-order valence-corrected chi connectivity index (χ3v) is 1.66. The summed E-state index contributed by atoms with van der Waals surface area (Å²) in [5.74, 6) is 0. The van der Waals surface area contributed by atoms with E-state index < -0.39 is 0 Å². The van der Waals surface area contributed by atoms with E-state index in [0.717, 1.165) is 0 Å². The molecule has 0 aromatic heterocycles. The van der Waals surface area contributed by atoms with E-state index in [1.54, 1.807) is 0 Å². The molecule has 0 fully saturated rings. The molecule has 0 aliphatic heterocycles. The van der Waals surface area contributed by atoms with Crippen molar-refractivity contribution in [3.63, 3.8) is 0 Å². The molecular weight excluding hydrogens is 152 g/mol. The molecule has 0 heterocycles. The van der Waals surface area contributed by atoms with Crippen molar-refractivity contribution in [2.75, 3.05) is 0 Å². The number of halogens is 1. The van der Waals surface area contributed by atoms with Crippen molar-refractivity contribution in [1.29, 1.82) is 0 Å². The number of rotatable bonds is 2. The van der Waals surface area contributed by atoms with Gasteiger partial charge in [0, 0.05) is 0 Å². The summed E-state index contributed by atoms with van der Waals surface area (Å²) in [6, 6.07) is 0. The molecule has 0 nitrogen and oxygen atoms in total. The fourth-order valence-electron chi connectivity index (χ4n) is 0.383. The van der Waals surface area contributed by atoms with Gasteiger partial charge in [0.05, 0.1) is 0 Å². The van der Waals surface area contributed by atoms with Crippen LogP contribution >= 0.6 is 15.9 Å².